The van der Waals surface area contributed by atoms with Gasteiger partial charge in [0, 0.05) is 6.42 Å². The van der Waals surface area contributed by atoms with Crippen molar-refractivity contribution in [3.63, 3.8) is 0 Å². The van der Waals surface area contributed by atoms with E-state index in [2.05, 4.69) is 17.5 Å². The highest BCUT2D eigenvalue weighted by Gasteiger charge is 1.99. The van der Waals surface area contributed by atoms with Gasteiger partial charge in [0.2, 0.25) is 5.91 Å². The summed E-state index contributed by atoms with van der Waals surface area (Å²) in [4.78, 5) is 11.5. The Morgan fingerprint density at radius 1 is 1.21 bits per heavy atom. The fraction of sp³-hybridized carbons (Fsp3) is 0.500. The fourth-order valence-corrected chi connectivity index (χ4v) is 1.85. The molecular weight excluding hydrogens is 236 g/mol. The number of rotatable bonds is 8. The van der Waals surface area contributed by atoms with E-state index in [4.69, 9.17) is 0 Å². The van der Waals surface area contributed by atoms with E-state index in [9.17, 15) is 4.79 Å². The van der Waals surface area contributed by atoms with Crippen LogP contribution in [-0.4, -0.2) is 12.1 Å². The monoisotopic (exact) mass is 260 g/mol. The van der Waals surface area contributed by atoms with Crippen LogP contribution in [0.5, 0.6) is 0 Å². The van der Waals surface area contributed by atoms with Crippen LogP contribution < -0.4 is 5.43 Å². The van der Waals surface area contributed by atoms with Crippen molar-refractivity contribution >= 4 is 12.1 Å². The van der Waals surface area contributed by atoms with Gasteiger partial charge in [0.25, 0.3) is 0 Å². The maximum absolute atomic E-state index is 11.5. The van der Waals surface area contributed by atoms with Crippen LogP contribution in [0.4, 0.5) is 0 Å². The molecule has 104 valence electrons. The molecule has 1 amide bonds. The van der Waals surface area contributed by atoms with Crippen molar-refractivity contribution in [1.29, 1.82) is 0 Å². The van der Waals surface area contributed by atoms with Crippen LogP contribution in [0, 0.1) is 6.92 Å². The molecule has 0 unspecified atom stereocenters. The lowest BCUT2D eigenvalue weighted by atomic mass is 10.1. The van der Waals surface area contributed by atoms with Crippen LogP contribution in [0.15, 0.2) is 29.4 Å². The molecule has 0 aliphatic carbocycles. The van der Waals surface area contributed by atoms with Crippen LogP contribution in [-0.2, 0) is 4.79 Å². The highest BCUT2D eigenvalue weighted by Crippen LogP contribution is 2.05. The topological polar surface area (TPSA) is 41.5 Å². The SMILES string of the molecule is CCCCCCCC(=O)N/N=C/c1ccccc1C. The molecule has 0 heterocycles. The Hall–Kier alpha value is -1.64. The third-order valence-electron chi connectivity index (χ3n) is 3.09. The van der Waals surface area contributed by atoms with Crippen LogP contribution in [0.1, 0.15) is 56.6 Å². The quantitative estimate of drug-likeness (QED) is 0.431. The maximum atomic E-state index is 11.5. The lowest BCUT2D eigenvalue weighted by Crippen LogP contribution is -2.16. The molecule has 0 aromatic heterocycles. The number of carbonyl (C=O) groups excluding carboxylic acids is 1. The van der Waals surface area contributed by atoms with Crippen LogP contribution in [0.25, 0.3) is 0 Å². The Kier molecular flexibility index (Phi) is 7.56. The third kappa shape index (κ3) is 6.75. The minimum absolute atomic E-state index is 0.00123. The van der Waals surface area contributed by atoms with Gasteiger partial charge in [0.1, 0.15) is 0 Å². The summed E-state index contributed by atoms with van der Waals surface area (Å²) in [7, 11) is 0. The molecule has 3 nitrogen and oxygen atoms in total. The van der Waals surface area contributed by atoms with Gasteiger partial charge < -0.3 is 0 Å². The van der Waals surface area contributed by atoms with E-state index in [1.807, 2.05) is 31.2 Å². The average molecular weight is 260 g/mol. The molecule has 19 heavy (non-hydrogen) atoms. The molecule has 0 saturated carbocycles. The molecule has 1 rings (SSSR count). The van der Waals surface area contributed by atoms with E-state index in [-0.39, 0.29) is 5.91 Å². The molecule has 3 heteroatoms. The number of hydrogen-bond acceptors (Lipinski definition) is 2. The van der Waals surface area contributed by atoms with Gasteiger partial charge in [-0.2, -0.15) is 5.10 Å². The Morgan fingerprint density at radius 3 is 2.68 bits per heavy atom. The number of nitrogens with zero attached hydrogens (tertiary/aromatic N) is 1. The summed E-state index contributed by atoms with van der Waals surface area (Å²) in [5.41, 5.74) is 4.77. The molecule has 1 N–H and O–H groups in total. The van der Waals surface area contributed by atoms with Crippen molar-refractivity contribution in [3.05, 3.63) is 35.4 Å². The summed E-state index contributed by atoms with van der Waals surface area (Å²) >= 11 is 0. The van der Waals surface area contributed by atoms with Gasteiger partial charge in [0.15, 0.2) is 0 Å². The van der Waals surface area contributed by atoms with Crippen molar-refractivity contribution in [3.8, 4) is 0 Å². The number of hydrazone groups is 1. The van der Waals surface area contributed by atoms with E-state index >= 15 is 0 Å². The molecule has 0 atom stereocenters. The first-order chi connectivity index (χ1) is 9.24. The normalized spacial score (nSPS) is 10.8. The zero-order chi connectivity index (χ0) is 13.9. The summed E-state index contributed by atoms with van der Waals surface area (Å²) in [6.07, 6.45) is 8.05. The number of aryl methyl sites for hydroxylation is 1. The second-order valence-corrected chi connectivity index (χ2v) is 4.81. The fourth-order valence-electron chi connectivity index (χ4n) is 1.85. The number of hydrogen-bond donors (Lipinski definition) is 1. The Morgan fingerprint density at radius 2 is 1.95 bits per heavy atom. The number of amides is 1. The van der Waals surface area contributed by atoms with Crippen molar-refractivity contribution in [1.82, 2.24) is 5.43 Å². The number of nitrogens with one attached hydrogen (secondary N) is 1. The molecule has 0 spiro atoms. The predicted octanol–water partition coefficient (Wildman–Crippen LogP) is 3.81. The zero-order valence-corrected chi connectivity index (χ0v) is 12.0. The summed E-state index contributed by atoms with van der Waals surface area (Å²) < 4.78 is 0. The smallest absolute Gasteiger partial charge is 0.240 e. The summed E-state index contributed by atoms with van der Waals surface area (Å²) in [5.74, 6) is 0.00123. The number of carbonyl (C=O) groups is 1. The van der Waals surface area contributed by atoms with Gasteiger partial charge >= 0.3 is 0 Å². The summed E-state index contributed by atoms with van der Waals surface area (Å²) in [5, 5.41) is 3.99. The molecule has 0 aliphatic heterocycles. The number of unbranched alkanes of at least 4 members (excludes halogenated alkanes) is 4. The molecule has 1 aromatic rings. The number of benzene rings is 1. The van der Waals surface area contributed by atoms with Gasteiger partial charge in [-0.1, -0.05) is 56.9 Å². The first kappa shape index (κ1) is 15.4. The minimum atomic E-state index is 0.00123. The second-order valence-electron chi connectivity index (χ2n) is 4.81. The Balaban J connectivity index is 2.21. The van der Waals surface area contributed by atoms with Gasteiger partial charge in [-0.3, -0.25) is 4.79 Å². The molecule has 1 aromatic carbocycles. The van der Waals surface area contributed by atoms with Crippen molar-refractivity contribution in [2.75, 3.05) is 0 Å². The molecule has 0 saturated heterocycles. The van der Waals surface area contributed by atoms with Crippen LogP contribution in [0.3, 0.4) is 0 Å². The van der Waals surface area contributed by atoms with Gasteiger partial charge in [-0.25, -0.2) is 5.43 Å². The van der Waals surface area contributed by atoms with E-state index in [1.54, 1.807) is 6.21 Å². The van der Waals surface area contributed by atoms with Gasteiger partial charge in [0.05, 0.1) is 6.21 Å². The first-order valence-corrected chi connectivity index (χ1v) is 7.11. The van der Waals surface area contributed by atoms with E-state index in [1.165, 1.54) is 19.3 Å². The van der Waals surface area contributed by atoms with E-state index < -0.39 is 0 Å². The van der Waals surface area contributed by atoms with E-state index in [0.29, 0.717) is 6.42 Å². The third-order valence-corrected chi connectivity index (χ3v) is 3.09. The lowest BCUT2D eigenvalue weighted by Gasteiger charge is -2.01. The maximum Gasteiger partial charge on any atom is 0.240 e. The standard InChI is InChI=1S/C16H24N2O/c1-3-4-5-6-7-12-16(19)18-17-13-15-11-9-8-10-14(15)2/h8-11,13H,3-7,12H2,1-2H3,(H,18,19)/b17-13+. The second kappa shape index (κ2) is 9.31. The van der Waals surface area contributed by atoms with Gasteiger partial charge in [-0.15, -0.1) is 0 Å². The highest BCUT2D eigenvalue weighted by molar-refractivity contribution is 5.83. The molecule has 0 radical (unpaired) electrons. The van der Waals surface area contributed by atoms with E-state index in [0.717, 1.165) is 24.0 Å². The lowest BCUT2D eigenvalue weighted by molar-refractivity contribution is -0.121. The molecular formula is C16H24N2O. The van der Waals surface area contributed by atoms with Crippen molar-refractivity contribution < 1.29 is 4.79 Å². The summed E-state index contributed by atoms with van der Waals surface area (Å²) in [6.45, 7) is 4.21. The predicted molar refractivity (Wildman–Crippen MR) is 80.3 cm³/mol. The van der Waals surface area contributed by atoms with Crippen LogP contribution >= 0.6 is 0 Å². The minimum Gasteiger partial charge on any atom is -0.273 e. The van der Waals surface area contributed by atoms with Gasteiger partial charge in [-0.05, 0) is 24.5 Å². The van der Waals surface area contributed by atoms with Crippen molar-refractivity contribution in [2.24, 2.45) is 5.10 Å². The first-order valence-electron chi connectivity index (χ1n) is 7.11. The van der Waals surface area contributed by atoms with Crippen LogP contribution in [0.2, 0.25) is 0 Å². The Bertz CT molecular complexity index is 413. The van der Waals surface area contributed by atoms with Crippen molar-refractivity contribution in [2.45, 2.75) is 52.4 Å². The highest BCUT2D eigenvalue weighted by atomic mass is 16.2. The summed E-state index contributed by atoms with van der Waals surface area (Å²) in [6, 6.07) is 7.96. The largest absolute Gasteiger partial charge is 0.273 e. The zero-order valence-electron chi connectivity index (χ0n) is 12.0. The Labute approximate surface area is 116 Å². The molecule has 0 aliphatic rings. The average Bonchev–Trinajstić information content (AvgIpc) is 2.41. The molecule has 0 fully saturated rings. The molecule has 0 bridgehead atoms.